The quantitative estimate of drug-likeness (QED) is 0.903. The molecule has 1 N–H and O–H groups in total. The van der Waals surface area contributed by atoms with Gasteiger partial charge in [0.05, 0.1) is 5.56 Å². The number of nitrogens with zero attached hydrogens (tertiary/aromatic N) is 1. The lowest BCUT2D eigenvalue weighted by molar-refractivity contribution is 0.0698. The van der Waals surface area contributed by atoms with Gasteiger partial charge in [0, 0.05) is 19.6 Å². The molecule has 0 bridgehead atoms. The van der Waals surface area contributed by atoms with Gasteiger partial charge < -0.3 is 19.7 Å². The van der Waals surface area contributed by atoms with Crippen molar-refractivity contribution in [3.8, 4) is 11.5 Å². The molecule has 1 fully saturated rings. The van der Waals surface area contributed by atoms with E-state index in [-0.39, 0.29) is 24.4 Å². The third-order valence-corrected chi connectivity index (χ3v) is 3.94. The molecule has 6 heteroatoms. The number of para-hydroxylation sites is 1. The summed E-state index contributed by atoms with van der Waals surface area (Å²) in [7, 11) is 1.86. The molecule has 116 valence electrons. The maximum Gasteiger partial charge on any atom is 0.257 e. The second-order valence-electron chi connectivity index (χ2n) is 5.25. The van der Waals surface area contributed by atoms with Crippen molar-refractivity contribution in [3.05, 3.63) is 23.8 Å². The number of ether oxygens (including phenoxy) is 2. The van der Waals surface area contributed by atoms with Gasteiger partial charge in [0.15, 0.2) is 11.5 Å². The average molecular weight is 313 g/mol. The third-order valence-electron chi connectivity index (χ3n) is 3.94. The first-order chi connectivity index (χ1) is 9.77. The number of piperidine rings is 1. The molecule has 0 radical (unpaired) electrons. The Bertz CT molecular complexity index is 504. The number of likely N-dealkylation sites (N-methyl/N-ethyl adjacent to an activating group) is 1. The van der Waals surface area contributed by atoms with Crippen molar-refractivity contribution >= 4 is 18.3 Å². The Morgan fingerprint density at radius 3 is 2.90 bits per heavy atom. The van der Waals surface area contributed by atoms with Crippen LogP contribution in [0.15, 0.2) is 18.2 Å². The zero-order valence-electron chi connectivity index (χ0n) is 12.1. The number of halogens is 1. The van der Waals surface area contributed by atoms with E-state index in [0.717, 1.165) is 25.9 Å². The van der Waals surface area contributed by atoms with E-state index in [9.17, 15) is 4.79 Å². The molecule has 2 aliphatic heterocycles. The zero-order valence-corrected chi connectivity index (χ0v) is 12.9. The molecule has 21 heavy (non-hydrogen) atoms. The minimum Gasteiger partial charge on any atom is -0.486 e. The lowest BCUT2D eigenvalue weighted by atomic mass is 10.0. The highest BCUT2D eigenvalue weighted by Crippen LogP contribution is 2.34. The van der Waals surface area contributed by atoms with Crippen LogP contribution >= 0.6 is 12.4 Å². The van der Waals surface area contributed by atoms with Gasteiger partial charge in [0.1, 0.15) is 13.2 Å². The Labute approximate surface area is 131 Å². The van der Waals surface area contributed by atoms with Gasteiger partial charge in [-0.05, 0) is 31.5 Å². The molecule has 2 heterocycles. The molecule has 0 saturated carbocycles. The van der Waals surface area contributed by atoms with Crippen molar-refractivity contribution in [2.75, 3.05) is 33.4 Å². The molecule has 0 unspecified atom stereocenters. The summed E-state index contributed by atoms with van der Waals surface area (Å²) in [4.78, 5) is 14.5. The number of hydrogen-bond acceptors (Lipinski definition) is 4. The Kier molecular flexibility index (Phi) is 5.31. The number of benzene rings is 1. The van der Waals surface area contributed by atoms with E-state index in [2.05, 4.69) is 5.32 Å². The summed E-state index contributed by atoms with van der Waals surface area (Å²) in [5.74, 6) is 1.25. The van der Waals surface area contributed by atoms with Gasteiger partial charge in [-0.3, -0.25) is 4.79 Å². The molecule has 0 aromatic heterocycles. The van der Waals surface area contributed by atoms with E-state index in [1.807, 2.05) is 30.1 Å². The summed E-state index contributed by atoms with van der Waals surface area (Å²) in [6, 6.07) is 5.74. The van der Waals surface area contributed by atoms with Gasteiger partial charge in [0.25, 0.3) is 5.91 Å². The molecule has 2 aliphatic rings. The maximum atomic E-state index is 12.7. The molecule has 1 atom stereocenters. The SMILES string of the molecule is CN(C(=O)c1cccc2c1OCCO2)[C@@H]1CCCNC1.Cl. The average Bonchev–Trinajstić information content (AvgIpc) is 2.54. The fraction of sp³-hybridized carbons (Fsp3) is 0.533. The molecule has 1 aromatic carbocycles. The van der Waals surface area contributed by atoms with E-state index in [0.29, 0.717) is 30.3 Å². The summed E-state index contributed by atoms with van der Waals surface area (Å²) in [5.41, 5.74) is 0.593. The van der Waals surface area contributed by atoms with E-state index >= 15 is 0 Å². The normalized spacial score (nSPS) is 20.3. The smallest absolute Gasteiger partial charge is 0.257 e. The van der Waals surface area contributed by atoms with Crippen LogP contribution in [0.1, 0.15) is 23.2 Å². The first-order valence-electron chi connectivity index (χ1n) is 7.14. The van der Waals surface area contributed by atoms with E-state index in [1.54, 1.807) is 0 Å². The van der Waals surface area contributed by atoms with Gasteiger partial charge in [-0.25, -0.2) is 0 Å². The van der Waals surface area contributed by atoms with Crippen LogP contribution in [0.3, 0.4) is 0 Å². The molecule has 1 amide bonds. The van der Waals surface area contributed by atoms with Gasteiger partial charge >= 0.3 is 0 Å². The van der Waals surface area contributed by atoms with Crippen LogP contribution in [-0.4, -0.2) is 50.2 Å². The van der Waals surface area contributed by atoms with Gasteiger partial charge in [-0.15, -0.1) is 12.4 Å². The second-order valence-corrected chi connectivity index (χ2v) is 5.25. The number of rotatable bonds is 2. The van der Waals surface area contributed by atoms with Crippen LogP contribution in [0.5, 0.6) is 11.5 Å². The Morgan fingerprint density at radius 2 is 2.14 bits per heavy atom. The fourth-order valence-electron chi connectivity index (χ4n) is 2.76. The van der Waals surface area contributed by atoms with Crippen LogP contribution < -0.4 is 14.8 Å². The minimum atomic E-state index is 0. The highest BCUT2D eigenvalue weighted by atomic mass is 35.5. The summed E-state index contributed by atoms with van der Waals surface area (Å²) >= 11 is 0. The van der Waals surface area contributed by atoms with Crippen molar-refractivity contribution in [3.63, 3.8) is 0 Å². The van der Waals surface area contributed by atoms with Gasteiger partial charge in [-0.1, -0.05) is 6.07 Å². The summed E-state index contributed by atoms with van der Waals surface area (Å²) in [6.07, 6.45) is 2.15. The van der Waals surface area contributed by atoms with E-state index in [1.165, 1.54) is 0 Å². The zero-order chi connectivity index (χ0) is 13.9. The number of carbonyl (C=O) groups is 1. The number of fused-ring (bicyclic) bond motifs is 1. The number of carbonyl (C=O) groups excluding carboxylic acids is 1. The van der Waals surface area contributed by atoms with Crippen molar-refractivity contribution < 1.29 is 14.3 Å². The predicted octanol–water partition coefficient (Wildman–Crippen LogP) is 1.70. The fourth-order valence-corrected chi connectivity index (χ4v) is 2.76. The molecule has 3 rings (SSSR count). The molecule has 1 aromatic rings. The topological polar surface area (TPSA) is 50.8 Å². The highest BCUT2D eigenvalue weighted by molar-refractivity contribution is 5.98. The minimum absolute atomic E-state index is 0. The molecule has 0 spiro atoms. The summed E-state index contributed by atoms with van der Waals surface area (Å²) in [6.45, 7) is 2.92. The third kappa shape index (κ3) is 3.24. The van der Waals surface area contributed by atoms with Crippen LogP contribution in [-0.2, 0) is 0 Å². The van der Waals surface area contributed by atoms with Crippen LogP contribution in [0.25, 0.3) is 0 Å². The maximum absolute atomic E-state index is 12.7. The van der Waals surface area contributed by atoms with Crippen molar-refractivity contribution in [2.45, 2.75) is 18.9 Å². The van der Waals surface area contributed by atoms with Crippen LogP contribution in [0, 0.1) is 0 Å². The lowest BCUT2D eigenvalue weighted by Crippen LogP contribution is -2.46. The number of nitrogens with one attached hydrogen (secondary N) is 1. The Hall–Kier alpha value is -1.46. The predicted molar refractivity (Wildman–Crippen MR) is 82.7 cm³/mol. The van der Waals surface area contributed by atoms with Crippen LogP contribution in [0.4, 0.5) is 0 Å². The van der Waals surface area contributed by atoms with Crippen molar-refractivity contribution in [1.29, 1.82) is 0 Å². The van der Waals surface area contributed by atoms with Crippen molar-refractivity contribution in [1.82, 2.24) is 10.2 Å². The molecule has 0 aliphatic carbocycles. The molecule has 5 nitrogen and oxygen atoms in total. The summed E-state index contributed by atoms with van der Waals surface area (Å²) < 4.78 is 11.2. The summed E-state index contributed by atoms with van der Waals surface area (Å²) in [5, 5.41) is 3.33. The van der Waals surface area contributed by atoms with Crippen LogP contribution in [0.2, 0.25) is 0 Å². The number of hydrogen-bond donors (Lipinski definition) is 1. The van der Waals surface area contributed by atoms with Gasteiger partial charge in [-0.2, -0.15) is 0 Å². The lowest BCUT2D eigenvalue weighted by Gasteiger charge is -2.32. The monoisotopic (exact) mass is 312 g/mol. The molecular weight excluding hydrogens is 292 g/mol. The largest absolute Gasteiger partial charge is 0.486 e. The molecular formula is C15H21ClN2O3. The Morgan fingerprint density at radius 1 is 1.33 bits per heavy atom. The second kappa shape index (κ2) is 7.00. The number of amides is 1. The highest BCUT2D eigenvalue weighted by Gasteiger charge is 2.27. The van der Waals surface area contributed by atoms with Gasteiger partial charge in [0.2, 0.25) is 0 Å². The van der Waals surface area contributed by atoms with E-state index in [4.69, 9.17) is 9.47 Å². The first-order valence-corrected chi connectivity index (χ1v) is 7.14. The molecule has 1 saturated heterocycles. The first kappa shape index (κ1) is 15.9. The van der Waals surface area contributed by atoms with E-state index < -0.39 is 0 Å². The van der Waals surface area contributed by atoms with Crippen molar-refractivity contribution in [2.24, 2.45) is 0 Å². The standard InChI is InChI=1S/C15H20N2O3.ClH/c1-17(11-4-3-7-16-10-11)15(18)12-5-2-6-13-14(12)20-9-8-19-13;/h2,5-6,11,16H,3-4,7-10H2,1H3;1H/t11-;/m1./s1. The Balaban J connectivity index is 0.00000161.